The van der Waals surface area contributed by atoms with Gasteiger partial charge in [0, 0.05) is 30.3 Å². The Morgan fingerprint density at radius 2 is 1.90 bits per heavy atom. The van der Waals surface area contributed by atoms with Crippen LogP contribution in [-0.2, 0) is 11.2 Å². The molecular weight excluding hydrogens is 270 g/mol. The van der Waals surface area contributed by atoms with Gasteiger partial charge in [-0.1, -0.05) is 54.1 Å². The minimum atomic E-state index is 0.0628. The molecule has 0 bridgehead atoms. The Kier molecular flexibility index (Phi) is 4.97. The summed E-state index contributed by atoms with van der Waals surface area (Å²) in [5, 5.41) is 3.58. The molecule has 0 aliphatic carbocycles. The lowest BCUT2D eigenvalue weighted by Gasteiger charge is -2.07. The Bertz CT molecular complexity index is 620. The van der Waals surface area contributed by atoms with E-state index in [-0.39, 0.29) is 5.78 Å². The summed E-state index contributed by atoms with van der Waals surface area (Å²) in [6.07, 6.45) is 2.07. The first-order chi connectivity index (χ1) is 9.70. The van der Waals surface area contributed by atoms with Crippen molar-refractivity contribution in [2.45, 2.75) is 6.42 Å². The van der Waals surface area contributed by atoms with Crippen LogP contribution in [-0.4, -0.2) is 12.8 Å². The predicted octanol–water partition coefficient (Wildman–Crippen LogP) is 3.71. The fourth-order valence-electron chi connectivity index (χ4n) is 2.01. The average Bonchev–Trinajstić information content (AvgIpc) is 2.45. The molecule has 2 rings (SSSR count). The third-order valence-electron chi connectivity index (χ3n) is 2.93. The van der Waals surface area contributed by atoms with E-state index >= 15 is 0 Å². The second-order valence-electron chi connectivity index (χ2n) is 4.44. The maximum atomic E-state index is 12.5. The first-order valence-corrected chi connectivity index (χ1v) is 6.79. The van der Waals surface area contributed by atoms with Crippen LogP contribution in [0.2, 0.25) is 5.02 Å². The first-order valence-electron chi connectivity index (χ1n) is 6.41. The summed E-state index contributed by atoms with van der Waals surface area (Å²) in [4.78, 5) is 12.5. The van der Waals surface area contributed by atoms with Crippen molar-refractivity contribution in [3.05, 3.63) is 76.9 Å². The van der Waals surface area contributed by atoms with Crippen LogP contribution in [0.4, 0.5) is 0 Å². The summed E-state index contributed by atoms with van der Waals surface area (Å²) < 4.78 is 0. The minimum Gasteiger partial charge on any atom is -0.393 e. The third kappa shape index (κ3) is 3.72. The van der Waals surface area contributed by atoms with Crippen molar-refractivity contribution in [3.63, 3.8) is 0 Å². The third-order valence-corrected chi connectivity index (χ3v) is 3.16. The summed E-state index contributed by atoms with van der Waals surface area (Å²) in [5.74, 6) is 0.0628. The topological polar surface area (TPSA) is 29.1 Å². The molecule has 0 fully saturated rings. The summed E-state index contributed by atoms with van der Waals surface area (Å²) in [5.41, 5.74) is 2.50. The van der Waals surface area contributed by atoms with Crippen LogP contribution in [0, 0.1) is 0 Å². The molecule has 0 unspecified atom stereocenters. The number of hydrogen-bond donors (Lipinski definition) is 1. The quantitative estimate of drug-likeness (QED) is 0.849. The van der Waals surface area contributed by atoms with E-state index in [0.717, 1.165) is 11.1 Å². The zero-order chi connectivity index (χ0) is 14.4. The van der Waals surface area contributed by atoms with Crippen molar-refractivity contribution in [3.8, 4) is 0 Å². The van der Waals surface area contributed by atoms with Gasteiger partial charge in [-0.05, 0) is 23.3 Å². The highest BCUT2D eigenvalue weighted by Gasteiger charge is 2.12. The van der Waals surface area contributed by atoms with Crippen molar-refractivity contribution < 1.29 is 4.79 Å². The average molecular weight is 286 g/mol. The van der Waals surface area contributed by atoms with Crippen molar-refractivity contribution in [2.24, 2.45) is 0 Å². The van der Waals surface area contributed by atoms with Gasteiger partial charge in [0.1, 0.15) is 0 Å². The Morgan fingerprint density at radius 1 is 1.15 bits per heavy atom. The molecule has 0 radical (unpaired) electrons. The molecule has 3 heteroatoms. The van der Waals surface area contributed by atoms with Crippen LogP contribution in [0.15, 0.2) is 60.8 Å². The number of benzene rings is 2. The lowest BCUT2D eigenvalue weighted by molar-refractivity contribution is -0.113. The number of hydrogen-bond acceptors (Lipinski definition) is 2. The highest BCUT2D eigenvalue weighted by atomic mass is 35.5. The van der Waals surface area contributed by atoms with Crippen LogP contribution in [0.1, 0.15) is 11.1 Å². The standard InChI is InChI=1S/C17H16ClNO/c1-19-12-16(14-7-3-2-4-8-14)17(20)11-13-6-5-9-15(18)10-13/h2-10,12,19H,11H2,1H3. The highest BCUT2D eigenvalue weighted by Crippen LogP contribution is 2.18. The molecule has 1 N–H and O–H groups in total. The van der Waals surface area contributed by atoms with Crippen LogP contribution in [0.25, 0.3) is 5.57 Å². The molecular formula is C17H16ClNO. The van der Waals surface area contributed by atoms with Crippen LogP contribution >= 0.6 is 11.6 Å². The van der Waals surface area contributed by atoms with E-state index in [9.17, 15) is 4.79 Å². The SMILES string of the molecule is CNC=C(C(=O)Cc1cccc(Cl)c1)c1ccccc1. The number of Topliss-reactive ketones (excluding diaryl/α,β-unsaturated/α-hetero) is 1. The van der Waals surface area contributed by atoms with E-state index in [0.29, 0.717) is 17.0 Å². The maximum absolute atomic E-state index is 12.5. The normalized spacial score (nSPS) is 11.2. The van der Waals surface area contributed by atoms with E-state index in [1.165, 1.54) is 0 Å². The van der Waals surface area contributed by atoms with Crippen molar-refractivity contribution in [1.29, 1.82) is 0 Å². The molecule has 0 atom stereocenters. The van der Waals surface area contributed by atoms with Crippen LogP contribution in [0.3, 0.4) is 0 Å². The van der Waals surface area contributed by atoms with E-state index in [4.69, 9.17) is 11.6 Å². The molecule has 0 heterocycles. The van der Waals surface area contributed by atoms with Gasteiger partial charge in [0.2, 0.25) is 0 Å². The first kappa shape index (κ1) is 14.4. The fraction of sp³-hybridized carbons (Fsp3) is 0.118. The molecule has 20 heavy (non-hydrogen) atoms. The fourth-order valence-corrected chi connectivity index (χ4v) is 2.23. The second kappa shape index (κ2) is 6.92. The Labute approximate surface area is 124 Å². The summed E-state index contributed by atoms with van der Waals surface area (Å²) in [6.45, 7) is 0. The molecule has 102 valence electrons. The summed E-state index contributed by atoms with van der Waals surface area (Å²) in [7, 11) is 1.79. The van der Waals surface area contributed by atoms with E-state index in [2.05, 4.69) is 5.32 Å². The maximum Gasteiger partial charge on any atom is 0.169 e. The number of carbonyl (C=O) groups is 1. The van der Waals surface area contributed by atoms with Gasteiger partial charge in [-0.3, -0.25) is 4.79 Å². The van der Waals surface area contributed by atoms with Gasteiger partial charge in [0.05, 0.1) is 0 Å². The number of halogens is 1. The van der Waals surface area contributed by atoms with Crippen LogP contribution in [0.5, 0.6) is 0 Å². The van der Waals surface area contributed by atoms with Gasteiger partial charge >= 0.3 is 0 Å². The molecule has 2 aromatic carbocycles. The second-order valence-corrected chi connectivity index (χ2v) is 4.88. The van der Waals surface area contributed by atoms with E-state index in [1.807, 2.05) is 48.5 Å². The lowest BCUT2D eigenvalue weighted by Crippen LogP contribution is -2.09. The van der Waals surface area contributed by atoms with E-state index in [1.54, 1.807) is 19.3 Å². The Balaban J connectivity index is 2.23. The zero-order valence-corrected chi connectivity index (χ0v) is 12.0. The highest BCUT2D eigenvalue weighted by molar-refractivity contribution is 6.30. The van der Waals surface area contributed by atoms with Crippen LogP contribution < -0.4 is 5.32 Å². The largest absolute Gasteiger partial charge is 0.393 e. The zero-order valence-electron chi connectivity index (χ0n) is 11.3. The monoisotopic (exact) mass is 285 g/mol. The molecule has 0 saturated carbocycles. The van der Waals surface area contributed by atoms with Crippen molar-refractivity contribution in [1.82, 2.24) is 5.32 Å². The molecule has 2 aromatic rings. The minimum absolute atomic E-state index is 0.0628. The Hall–Kier alpha value is -2.06. The lowest BCUT2D eigenvalue weighted by atomic mass is 9.98. The summed E-state index contributed by atoms with van der Waals surface area (Å²) in [6, 6.07) is 17.0. The number of carbonyl (C=O) groups excluding carboxylic acids is 1. The van der Waals surface area contributed by atoms with Gasteiger partial charge in [-0.2, -0.15) is 0 Å². The number of nitrogens with one attached hydrogen (secondary N) is 1. The van der Waals surface area contributed by atoms with Gasteiger partial charge in [-0.25, -0.2) is 0 Å². The molecule has 0 saturated heterocycles. The smallest absolute Gasteiger partial charge is 0.169 e. The molecule has 0 aliphatic heterocycles. The predicted molar refractivity (Wildman–Crippen MR) is 83.6 cm³/mol. The molecule has 2 nitrogen and oxygen atoms in total. The molecule has 0 spiro atoms. The molecule has 0 aliphatic rings. The van der Waals surface area contributed by atoms with Gasteiger partial charge in [0.15, 0.2) is 5.78 Å². The van der Waals surface area contributed by atoms with Crippen molar-refractivity contribution in [2.75, 3.05) is 7.05 Å². The van der Waals surface area contributed by atoms with Crippen molar-refractivity contribution >= 4 is 23.0 Å². The van der Waals surface area contributed by atoms with E-state index < -0.39 is 0 Å². The van der Waals surface area contributed by atoms with Gasteiger partial charge in [0.25, 0.3) is 0 Å². The Morgan fingerprint density at radius 3 is 2.55 bits per heavy atom. The molecule has 0 amide bonds. The number of allylic oxidation sites excluding steroid dienone is 1. The number of ketones is 1. The summed E-state index contributed by atoms with van der Waals surface area (Å²) >= 11 is 5.95. The molecule has 0 aromatic heterocycles. The van der Waals surface area contributed by atoms with Gasteiger partial charge < -0.3 is 5.32 Å². The number of rotatable bonds is 5. The van der Waals surface area contributed by atoms with Gasteiger partial charge in [-0.15, -0.1) is 0 Å².